The van der Waals surface area contributed by atoms with Crippen molar-refractivity contribution in [3.8, 4) is 0 Å². The van der Waals surface area contributed by atoms with Gasteiger partial charge in [0, 0.05) is 25.3 Å². The zero-order valence-electron chi connectivity index (χ0n) is 16.3. The van der Waals surface area contributed by atoms with Crippen molar-refractivity contribution in [3.05, 3.63) is 35.4 Å². The fourth-order valence-corrected chi connectivity index (χ4v) is 3.71. The number of carbonyl (C=O) groups is 3. The Labute approximate surface area is 174 Å². The van der Waals surface area contributed by atoms with Crippen molar-refractivity contribution in [1.29, 1.82) is 0 Å². The van der Waals surface area contributed by atoms with E-state index in [1.165, 1.54) is 0 Å². The van der Waals surface area contributed by atoms with Crippen molar-refractivity contribution in [2.45, 2.75) is 38.3 Å². The normalized spacial score (nSPS) is 21.4. The average Bonchev–Trinajstić information content (AvgIpc) is 3.22. The number of hydrogen-bond donors (Lipinski definition) is 2. The lowest BCUT2D eigenvalue weighted by Gasteiger charge is -2.36. The largest absolute Gasteiger partial charge is 0.463 e. The minimum atomic E-state index is -0.828. The second-order valence-corrected chi connectivity index (χ2v) is 7.48. The Hall–Kier alpha value is -2.52. The summed E-state index contributed by atoms with van der Waals surface area (Å²) in [4.78, 5) is 38.7. The van der Waals surface area contributed by atoms with Gasteiger partial charge in [-0.1, -0.05) is 18.2 Å². The van der Waals surface area contributed by atoms with Crippen LogP contribution >= 0.6 is 12.2 Å². The molecule has 0 spiro atoms. The number of thiocarbonyl (C=S) groups is 1. The van der Waals surface area contributed by atoms with Crippen molar-refractivity contribution < 1.29 is 23.9 Å². The third-order valence-electron chi connectivity index (χ3n) is 5.02. The molecular weight excluding hydrogens is 394 g/mol. The van der Waals surface area contributed by atoms with Gasteiger partial charge in [0.25, 0.3) is 5.91 Å². The third kappa shape index (κ3) is 5.51. The van der Waals surface area contributed by atoms with Crippen LogP contribution in [0.3, 0.4) is 0 Å². The van der Waals surface area contributed by atoms with Gasteiger partial charge in [0.1, 0.15) is 12.6 Å². The zero-order valence-corrected chi connectivity index (χ0v) is 17.1. The van der Waals surface area contributed by atoms with Crippen molar-refractivity contribution >= 4 is 35.1 Å². The molecule has 2 aliphatic heterocycles. The SMILES string of the molecule is Cc1ccccc1C(=O)NC(=S)N1CCNC(=O)[C@@H]1CC(=O)OC[C@H]1CCCO1. The van der Waals surface area contributed by atoms with Gasteiger partial charge in [-0.15, -0.1) is 0 Å². The molecule has 0 saturated carbocycles. The number of benzene rings is 1. The van der Waals surface area contributed by atoms with Gasteiger partial charge in [0.15, 0.2) is 5.11 Å². The number of esters is 1. The van der Waals surface area contributed by atoms with Gasteiger partial charge in [0.05, 0.1) is 12.5 Å². The number of amides is 2. The summed E-state index contributed by atoms with van der Waals surface area (Å²) in [6.45, 7) is 3.46. The smallest absolute Gasteiger partial charge is 0.308 e. The highest BCUT2D eigenvalue weighted by Gasteiger charge is 2.34. The van der Waals surface area contributed by atoms with Crippen LogP contribution < -0.4 is 10.6 Å². The summed E-state index contributed by atoms with van der Waals surface area (Å²) >= 11 is 5.37. The quantitative estimate of drug-likeness (QED) is 0.541. The lowest BCUT2D eigenvalue weighted by atomic mass is 10.1. The number of nitrogens with one attached hydrogen (secondary N) is 2. The molecule has 2 fully saturated rings. The van der Waals surface area contributed by atoms with Crippen LogP contribution in [-0.2, 0) is 19.1 Å². The highest BCUT2D eigenvalue weighted by atomic mass is 32.1. The van der Waals surface area contributed by atoms with Gasteiger partial charge in [0.2, 0.25) is 5.91 Å². The molecule has 0 bridgehead atoms. The maximum atomic E-state index is 12.5. The number of ether oxygens (including phenoxy) is 2. The van der Waals surface area contributed by atoms with Crippen molar-refractivity contribution in [1.82, 2.24) is 15.5 Å². The first-order valence-electron chi connectivity index (χ1n) is 9.68. The van der Waals surface area contributed by atoms with E-state index in [-0.39, 0.29) is 36.1 Å². The van der Waals surface area contributed by atoms with Crippen LogP contribution in [0.1, 0.15) is 35.2 Å². The van der Waals surface area contributed by atoms with E-state index in [4.69, 9.17) is 21.7 Å². The molecule has 2 aliphatic rings. The number of aryl methyl sites for hydroxylation is 1. The number of nitrogens with zero attached hydrogens (tertiary/aromatic N) is 1. The van der Waals surface area contributed by atoms with Gasteiger partial charge in [-0.2, -0.15) is 0 Å². The molecule has 1 aromatic rings. The first-order valence-corrected chi connectivity index (χ1v) is 10.1. The third-order valence-corrected chi connectivity index (χ3v) is 5.35. The summed E-state index contributed by atoms with van der Waals surface area (Å²) in [6, 6.07) is 6.32. The Morgan fingerprint density at radius 1 is 1.38 bits per heavy atom. The number of carbonyl (C=O) groups excluding carboxylic acids is 3. The van der Waals surface area contributed by atoms with E-state index in [0.717, 1.165) is 18.4 Å². The molecule has 0 radical (unpaired) electrons. The van der Waals surface area contributed by atoms with Crippen LogP contribution in [0, 0.1) is 6.92 Å². The molecule has 3 rings (SSSR count). The summed E-state index contributed by atoms with van der Waals surface area (Å²) in [5.74, 6) is -1.17. The molecule has 0 unspecified atom stereocenters. The standard InChI is InChI=1S/C20H25N3O5S/c1-13-5-2-3-7-15(13)18(25)22-20(29)23-9-8-21-19(26)16(23)11-17(24)28-12-14-6-4-10-27-14/h2-3,5,7,14,16H,4,6,8-12H2,1H3,(H,21,26)(H,22,25,29)/t14-,16+/m1/s1. The topological polar surface area (TPSA) is 97.0 Å². The molecule has 9 heteroatoms. The molecule has 0 aliphatic carbocycles. The first-order chi connectivity index (χ1) is 14.0. The predicted octanol–water partition coefficient (Wildman–Crippen LogP) is 0.922. The Bertz CT molecular complexity index is 794. The molecule has 2 amide bonds. The van der Waals surface area contributed by atoms with Crippen molar-refractivity contribution in [3.63, 3.8) is 0 Å². The maximum Gasteiger partial charge on any atom is 0.308 e. The van der Waals surface area contributed by atoms with E-state index in [0.29, 0.717) is 25.3 Å². The monoisotopic (exact) mass is 419 g/mol. The van der Waals surface area contributed by atoms with Crippen LogP contribution in [0.4, 0.5) is 0 Å². The molecule has 2 heterocycles. The van der Waals surface area contributed by atoms with Gasteiger partial charge in [-0.25, -0.2) is 0 Å². The highest BCUT2D eigenvalue weighted by Crippen LogP contribution is 2.15. The van der Waals surface area contributed by atoms with Gasteiger partial charge < -0.3 is 19.7 Å². The predicted molar refractivity (Wildman–Crippen MR) is 109 cm³/mol. The molecule has 29 heavy (non-hydrogen) atoms. The highest BCUT2D eigenvalue weighted by molar-refractivity contribution is 7.80. The fraction of sp³-hybridized carbons (Fsp3) is 0.500. The molecule has 8 nitrogen and oxygen atoms in total. The molecular formula is C20H25N3O5S. The Kier molecular flexibility index (Phi) is 7.16. The van der Waals surface area contributed by atoms with Crippen LogP contribution in [-0.4, -0.2) is 66.2 Å². The Morgan fingerprint density at radius 2 is 2.17 bits per heavy atom. The van der Waals surface area contributed by atoms with Crippen LogP contribution in [0.25, 0.3) is 0 Å². The van der Waals surface area contributed by atoms with Crippen molar-refractivity contribution in [2.24, 2.45) is 0 Å². The zero-order chi connectivity index (χ0) is 20.8. The summed E-state index contributed by atoms with van der Waals surface area (Å²) < 4.78 is 10.7. The van der Waals surface area contributed by atoms with E-state index in [1.54, 1.807) is 17.0 Å². The molecule has 1 aromatic carbocycles. The minimum Gasteiger partial charge on any atom is -0.463 e. The Balaban J connectivity index is 1.60. The van der Waals surface area contributed by atoms with Gasteiger partial charge in [-0.05, 0) is 43.6 Å². The lowest BCUT2D eigenvalue weighted by molar-refractivity contribution is -0.150. The minimum absolute atomic E-state index is 0.0790. The van der Waals surface area contributed by atoms with Crippen LogP contribution in [0.15, 0.2) is 24.3 Å². The van der Waals surface area contributed by atoms with Crippen LogP contribution in [0.5, 0.6) is 0 Å². The molecule has 2 N–H and O–H groups in total. The van der Waals surface area contributed by atoms with Crippen molar-refractivity contribution in [2.75, 3.05) is 26.3 Å². The van der Waals surface area contributed by atoms with Gasteiger partial charge >= 0.3 is 5.97 Å². The summed E-state index contributed by atoms with van der Waals surface area (Å²) in [7, 11) is 0. The molecule has 156 valence electrons. The maximum absolute atomic E-state index is 12.5. The number of rotatable bonds is 5. The van der Waals surface area contributed by atoms with E-state index in [2.05, 4.69) is 10.6 Å². The fourth-order valence-electron chi connectivity index (χ4n) is 3.40. The average molecular weight is 420 g/mol. The Morgan fingerprint density at radius 3 is 2.90 bits per heavy atom. The van der Waals surface area contributed by atoms with E-state index in [1.807, 2.05) is 19.1 Å². The second-order valence-electron chi connectivity index (χ2n) is 7.10. The molecule has 2 atom stereocenters. The van der Waals surface area contributed by atoms with E-state index >= 15 is 0 Å². The van der Waals surface area contributed by atoms with Crippen LogP contribution in [0.2, 0.25) is 0 Å². The first kappa shape index (κ1) is 21.2. The second kappa shape index (κ2) is 9.80. The summed E-state index contributed by atoms with van der Waals surface area (Å²) in [5.41, 5.74) is 1.32. The summed E-state index contributed by atoms with van der Waals surface area (Å²) in [6.07, 6.45) is 1.58. The number of piperazine rings is 1. The number of hydrogen-bond acceptors (Lipinski definition) is 6. The van der Waals surface area contributed by atoms with E-state index < -0.39 is 12.0 Å². The van der Waals surface area contributed by atoms with E-state index in [9.17, 15) is 14.4 Å². The molecule has 0 aromatic heterocycles. The molecule has 2 saturated heterocycles. The lowest BCUT2D eigenvalue weighted by Crippen LogP contribution is -2.60. The van der Waals surface area contributed by atoms with Gasteiger partial charge in [-0.3, -0.25) is 19.7 Å². The summed E-state index contributed by atoms with van der Waals surface area (Å²) in [5, 5.41) is 5.52.